The number of rotatable bonds is 3. The number of nitrogens with one attached hydrogen (secondary N) is 1. The van der Waals surface area contributed by atoms with Gasteiger partial charge in [-0.25, -0.2) is 14.6 Å². The van der Waals surface area contributed by atoms with Gasteiger partial charge < -0.3 is 15.0 Å². The van der Waals surface area contributed by atoms with Gasteiger partial charge in [-0.1, -0.05) is 35.5 Å². The fraction of sp³-hybridized carbons (Fsp3) is 0.364. The van der Waals surface area contributed by atoms with E-state index >= 15 is 0 Å². The smallest absolute Gasteiger partial charge is 0.142 e. The fourth-order valence-electron chi connectivity index (χ4n) is 5.16. The molecular formula is C22H23N7O. The summed E-state index contributed by atoms with van der Waals surface area (Å²) in [5.41, 5.74) is 2.75. The molecule has 0 spiro atoms. The molecule has 1 aliphatic heterocycles. The highest BCUT2D eigenvalue weighted by molar-refractivity contribution is 5.87. The summed E-state index contributed by atoms with van der Waals surface area (Å²) in [4.78, 5) is 14.4. The standard InChI is InChI=1S/C22H23N7O/c30-20-9-16-11-28(22-17-6-7-23-21(17)24-13-25-22)10-15(16)8-19(20)29-12-18(26-27-29)14-4-2-1-3-5-14/h1-7,12-13,15-16,19-20,30H,8-11H2,(H,23,24,25)/t15-,16+,19-,20-/m1/s1. The van der Waals surface area contributed by atoms with Gasteiger partial charge >= 0.3 is 0 Å². The van der Waals surface area contributed by atoms with E-state index in [9.17, 15) is 5.11 Å². The first-order valence-corrected chi connectivity index (χ1v) is 10.4. The van der Waals surface area contributed by atoms with Crippen molar-refractivity contribution in [1.29, 1.82) is 0 Å². The minimum atomic E-state index is -0.422. The molecule has 4 atom stereocenters. The van der Waals surface area contributed by atoms with Crippen molar-refractivity contribution in [1.82, 2.24) is 29.9 Å². The Morgan fingerprint density at radius 2 is 1.83 bits per heavy atom. The Bertz CT molecular complexity index is 1170. The molecule has 1 aliphatic carbocycles. The van der Waals surface area contributed by atoms with Gasteiger partial charge in [-0.2, -0.15) is 0 Å². The van der Waals surface area contributed by atoms with Gasteiger partial charge in [0.25, 0.3) is 0 Å². The van der Waals surface area contributed by atoms with Crippen molar-refractivity contribution in [2.24, 2.45) is 11.8 Å². The number of hydrogen-bond donors (Lipinski definition) is 2. The van der Waals surface area contributed by atoms with Gasteiger partial charge in [0.15, 0.2) is 0 Å². The normalized spacial score (nSPS) is 26.2. The molecule has 1 saturated heterocycles. The Balaban J connectivity index is 1.23. The lowest BCUT2D eigenvalue weighted by molar-refractivity contribution is 0.0299. The Hall–Kier alpha value is -3.26. The van der Waals surface area contributed by atoms with Crippen molar-refractivity contribution in [3.8, 4) is 11.3 Å². The Morgan fingerprint density at radius 1 is 1.00 bits per heavy atom. The molecule has 2 N–H and O–H groups in total. The molecular weight excluding hydrogens is 378 g/mol. The molecule has 8 nitrogen and oxygen atoms in total. The number of hydrogen-bond acceptors (Lipinski definition) is 6. The summed E-state index contributed by atoms with van der Waals surface area (Å²) >= 11 is 0. The average Bonchev–Trinajstić information content (AvgIpc) is 3.52. The molecule has 1 aromatic carbocycles. The van der Waals surface area contributed by atoms with Gasteiger partial charge in [-0.3, -0.25) is 0 Å². The minimum absolute atomic E-state index is 0.0474. The number of H-pyrrole nitrogens is 1. The summed E-state index contributed by atoms with van der Waals surface area (Å²) in [5, 5.41) is 20.7. The van der Waals surface area contributed by atoms with Crippen LogP contribution in [-0.4, -0.2) is 54.2 Å². The Labute approximate surface area is 173 Å². The van der Waals surface area contributed by atoms with E-state index in [1.54, 1.807) is 6.33 Å². The van der Waals surface area contributed by atoms with E-state index < -0.39 is 6.10 Å². The van der Waals surface area contributed by atoms with E-state index in [1.165, 1.54) is 0 Å². The third-order valence-electron chi connectivity index (χ3n) is 6.66. The molecule has 0 radical (unpaired) electrons. The van der Waals surface area contributed by atoms with Gasteiger partial charge in [0, 0.05) is 24.8 Å². The first-order chi connectivity index (χ1) is 14.8. The van der Waals surface area contributed by atoms with Crippen LogP contribution in [-0.2, 0) is 0 Å². The van der Waals surface area contributed by atoms with Crippen LogP contribution in [0.1, 0.15) is 18.9 Å². The summed E-state index contributed by atoms with van der Waals surface area (Å²) in [6.07, 6.45) is 6.72. The van der Waals surface area contributed by atoms with Crippen LogP contribution in [0, 0.1) is 11.8 Å². The lowest BCUT2D eigenvalue weighted by atomic mass is 9.77. The fourth-order valence-corrected chi connectivity index (χ4v) is 5.16. The molecule has 1 saturated carbocycles. The van der Waals surface area contributed by atoms with E-state index in [0.29, 0.717) is 11.8 Å². The summed E-state index contributed by atoms with van der Waals surface area (Å²) in [5.74, 6) is 1.93. The second kappa shape index (κ2) is 6.91. The van der Waals surface area contributed by atoms with E-state index in [0.717, 1.165) is 54.0 Å². The Morgan fingerprint density at radius 3 is 2.70 bits per heavy atom. The molecule has 4 heterocycles. The Kier molecular flexibility index (Phi) is 4.05. The summed E-state index contributed by atoms with van der Waals surface area (Å²) in [6.45, 7) is 1.85. The summed E-state index contributed by atoms with van der Waals surface area (Å²) in [7, 11) is 0. The van der Waals surface area contributed by atoms with Crippen LogP contribution in [0.3, 0.4) is 0 Å². The van der Waals surface area contributed by atoms with E-state index in [1.807, 2.05) is 53.5 Å². The molecule has 0 bridgehead atoms. The van der Waals surface area contributed by atoms with Gasteiger partial charge in [0.05, 0.1) is 23.7 Å². The van der Waals surface area contributed by atoms with Crippen molar-refractivity contribution in [3.05, 3.63) is 55.1 Å². The van der Waals surface area contributed by atoms with Crippen molar-refractivity contribution < 1.29 is 5.11 Å². The van der Waals surface area contributed by atoms with Crippen LogP contribution in [0.4, 0.5) is 5.82 Å². The third kappa shape index (κ3) is 2.87. The zero-order valence-electron chi connectivity index (χ0n) is 16.5. The monoisotopic (exact) mass is 401 g/mol. The first kappa shape index (κ1) is 17.6. The van der Waals surface area contributed by atoms with Gasteiger partial charge in [-0.05, 0) is 30.7 Å². The number of fused-ring (bicyclic) bond motifs is 2. The second-order valence-electron chi connectivity index (χ2n) is 8.42. The summed E-state index contributed by atoms with van der Waals surface area (Å²) < 4.78 is 1.86. The van der Waals surface area contributed by atoms with Crippen LogP contribution in [0.25, 0.3) is 22.3 Å². The maximum Gasteiger partial charge on any atom is 0.142 e. The molecule has 3 aromatic heterocycles. The highest BCUT2D eigenvalue weighted by atomic mass is 16.3. The molecule has 152 valence electrons. The number of aromatic amines is 1. The molecule has 4 aromatic rings. The second-order valence-corrected chi connectivity index (χ2v) is 8.42. The number of benzene rings is 1. The zero-order valence-corrected chi connectivity index (χ0v) is 16.5. The number of nitrogens with zero attached hydrogens (tertiary/aromatic N) is 6. The van der Waals surface area contributed by atoms with Crippen LogP contribution in [0.2, 0.25) is 0 Å². The van der Waals surface area contributed by atoms with E-state index in [2.05, 4.69) is 30.2 Å². The zero-order chi connectivity index (χ0) is 20.1. The van der Waals surface area contributed by atoms with Crippen LogP contribution in [0.5, 0.6) is 0 Å². The molecule has 30 heavy (non-hydrogen) atoms. The highest BCUT2D eigenvalue weighted by Gasteiger charge is 2.43. The number of aliphatic hydroxyl groups excluding tert-OH is 1. The molecule has 2 fully saturated rings. The van der Waals surface area contributed by atoms with Gasteiger partial charge in [-0.15, -0.1) is 5.10 Å². The summed E-state index contributed by atoms with van der Waals surface area (Å²) in [6, 6.07) is 12.0. The number of aromatic nitrogens is 6. The quantitative estimate of drug-likeness (QED) is 0.548. The van der Waals surface area contributed by atoms with E-state index in [4.69, 9.17) is 0 Å². The maximum absolute atomic E-state index is 10.9. The van der Waals surface area contributed by atoms with Crippen molar-refractivity contribution in [2.45, 2.75) is 25.0 Å². The molecule has 0 amide bonds. The molecule has 6 rings (SSSR count). The van der Waals surface area contributed by atoms with Crippen LogP contribution >= 0.6 is 0 Å². The predicted octanol–water partition coefficient (Wildman–Crippen LogP) is 2.66. The molecule has 2 aliphatic rings. The first-order valence-electron chi connectivity index (χ1n) is 10.4. The average molecular weight is 401 g/mol. The maximum atomic E-state index is 10.9. The van der Waals surface area contributed by atoms with Crippen molar-refractivity contribution in [2.75, 3.05) is 18.0 Å². The number of aliphatic hydroxyl groups is 1. The van der Waals surface area contributed by atoms with Crippen molar-refractivity contribution >= 4 is 16.9 Å². The largest absolute Gasteiger partial charge is 0.391 e. The number of anilines is 1. The van der Waals surface area contributed by atoms with Crippen LogP contribution in [0.15, 0.2) is 55.1 Å². The van der Waals surface area contributed by atoms with E-state index in [-0.39, 0.29) is 6.04 Å². The lowest BCUT2D eigenvalue weighted by Crippen LogP contribution is -2.36. The topological polar surface area (TPSA) is 95.8 Å². The minimum Gasteiger partial charge on any atom is -0.391 e. The SMILES string of the molecule is O[C@@H]1C[C@H]2CN(c3ncnc4[nH]ccc34)C[C@H]2C[C@H]1n1cc(-c2ccccc2)nn1. The van der Waals surface area contributed by atoms with Crippen LogP contribution < -0.4 is 4.90 Å². The van der Waals surface area contributed by atoms with Gasteiger partial charge in [0.2, 0.25) is 0 Å². The third-order valence-corrected chi connectivity index (χ3v) is 6.66. The molecule has 0 unspecified atom stereocenters. The predicted molar refractivity (Wildman–Crippen MR) is 113 cm³/mol. The lowest BCUT2D eigenvalue weighted by Gasteiger charge is -2.34. The molecule has 8 heteroatoms. The highest BCUT2D eigenvalue weighted by Crippen LogP contribution is 2.43. The van der Waals surface area contributed by atoms with Crippen molar-refractivity contribution in [3.63, 3.8) is 0 Å². The van der Waals surface area contributed by atoms with Gasteiger partial charge in [0.1, 0.15) is 23.5 Å².